The van der Waals surface area contributed by atoms with Gasteiger partial charge in [-0.3, -0.25) is 9.69 Å². The van der Waals surface area contributed by atoms with Gasteiger partial charge in [-0.25, -0.2) is 4.98 Å². The highest BCUT2D eigenvalue weighted by molar-refractivity contribution is 7.22. The van der Waals surface area contributed by atoms with Crippen molar-refractivity contribution >= 4 is 32.6 Å². The molecule has 124 valence electrons. The van der Waals surface area contributed by atoms with E-state index < -0.39 is 0 Å². The monoisotopic (exact) mass is 342 g/mol. The highest BCUT2D eigenvalue weighted by Crippen LogP contribution is 2.49. The molecule has 4 rings (SSSR count). The molecule has 0 N–H and O–H groups in total. The lowest BCUT2D eigenvalue weighted by atomic mass is 10.2. The SMILES string of the molecule is COCCN(C(=O)[C@@H]1C[C@@H]1c1ccco1)c1nc2ccccc2s1. The standard InChI is InChI=1S/C18H18N2O3S/c1-22-10-8-20(18-19-14-5-2-3-7-16(14)24-18)17(21)13-11-12(13)15-6-4-9-23-15/h2-7,9,12-13H,8,10-11H2,1H3/t12-,13+/m0/s1. The minimum Gasteiger partial charge on any atom is -0.469 e. The molecule has 0 saturated heterocycles. The Morgan fingerprint density at radius 2 is 2.25 bits per heavy atom. The van der Waals surface area contributed by atoms with Crippen LogP contribution in [0.25, 0.3) is 10.2 Å². The number of ether oxygens (including phenoxy) is 1. The summed E-state index contributed by atoms with van der Waals surface area (Å²) in [5.74, 6) is 1.16. The van der Waals surface area contributed by atoms with Crippen LogP contribution in [-0.4, -0.2) is 31.2 Å². The third-order valence-corrected chi connectivity index (χ3v) is 5.37. The highest BCUT2D eigenvalue weighted by atomic mass is 32.1. The first-order chi connectivity index (χ1) is 11.8. The molecule has 0 unspecified atom stereocenters. The molecule has 2 atom stereocenters. The van der Waals surface area contributed by atoms with Gasteiger partial charge in [-0.2, -0.15) is 0 Å². The average Bonchev–Trinajstić information content (AvgIpc) is 3.03. The molecule has 0 radical (unpaired) electrons. The van der Waals surface area contributed by atoms with Crippen LogP contribution in [0.1, 0.15) is 18.1 Å². The van der Waals surface area contributed by atoms with Crippen molar-refractivity contribution in [2.24, 2.45) is 5.92 Å². The van der Waals surface area contributed by atoms with E-state index in [9.17, 15) is 4.79 Å². The number of rotatable bonds is 6. The van der Waals surface area contributed by atoms with Crippen LogP contribution in [0.5, 0.6) is 0 Å². The average molecular weight is 342 g/mol. The van der Waals surface area contributed by atoms with Crippen LogP contribution in [0.2, 0.25) is 0 Å². The lowest BCUT2D eigenvalue weighted by Crippen LogP contribution is -2.35. The third kappa shape index (κ3) is 2.83. The highest BCUT2D eigenvalue weighted by Gasteiger charge is 2.48. The predicted molar refractivity (Wildman–Crippen MR) is 93.4 cm³/mol. The first kappa shape index (κ1) is 15.4. The molecular formula is C18H18N2O3S. The van der Waals surface area contributed by atoms with Gasteiger partial charge < -0.3 is 9.15 Å². The molecule has 1 aromatic carbocycles. The molecule has 5 nitrogen and oxygen atoms in total. The van der Waals surface area contributed by atoms with Gasteiger partial charge in [0.2, 0.25) is 5.91 Å². The minimum absolute atomic E-state index is 0.0278. The van der Waals surface area contributed by atoms with Gasteiger partial charge in [0.1, 0.15) is 5.76 Å². The molecule has 6 heteroatoms. The number of para-hydroxylation sites is 1. The molecule has 1 aliphatic carbocycles. The Morgan fingerprint density at radius 1 is 1.38 bits per heavy atom. The smallest absolute Gasteiger partial charge is 0.232 e. The fourth-order valence-corrected chi connectivity index (χ4v) is 3.94. The van der Waals surface area contributed by atoms with Gasteiger partial charge in [0, 0.05) is 18.9 Å². The third-order valence-electron chi connectivity index (χ3n) is 4.31. The van der Waals surface area contributed by atoms with E-state index >= 15 is 0 Å². The van der Waals surface area contributed by atoms with Crippen molar-refractivity contribution in [3.63, 3.8) is 0 Å². The van der Waals surface area contributed by atoms with Crippen molar-refractivity contribution in [2.45, 2.75) is 12.3 Å². The van der Waals surface area contributed by atoms with Gasteiger partial charge in [-0.1, -0.05) is 23.5 Å². The topological polar surface area (TPSA) is 55.6 Å². The molecule has 3 aromatic rings. The first-order valence-electron chi connectivity index (χ1n) is 7.97. The van der Waals surface area contributed by atoms with E-state index in [0.717, 1.165) is 27.5 Å². The van der Waals surface area contributed by atoms with E-state index in [0.29, 0.717) is 13.2 Å². The van der Waals surface area contributed by atoms with Crippen LogP contribution in [0, 0.1) is 5.92 Å². The molecular weight excluding hydrogens is 324 g/mol. The second-order valence-corrected chi connectivity index (χ2v) is 6.92. The Morgan fingerprint density at radius 3 is 3.00 bits per heavy atom. The lowest BCUT2D eigenvalue weighted by Gasteiger charge is -2.19. The van der Waals surface area contributed by atoms with Crippen molar-refractivity contribution in [1.82, 2.24) is 4.98 Å². The van der Waals surface area contributed by atoms with Crippen LogP contribution in [-0.2, 0) is 9.53 Å². The number of carbonyl (C=O) groups excluding carboxylic acids is 1. The van der Waals surface area contributed by atoms with Gasteiger partial charge in [-0.05, 0) is 30.7 Å². The second kappa shape index (κ2) is 6.37. The molecule has 2 heterocycles. The van der Waals surface area contributed by atoms with E-state index in [4.69, 9.17) is 9.15 Å². The number of aromatic nitrogens is 1. The quantitative estimate of drug-likeness (QED) is 0.686. The molecule has 1 saturated carbocycles. The molecule has 24 heavy (non-hydrogen) atoms. The molecule has 1 fully saturated rings. The molecule has 0 spiro atoms. The van der Waals surface area contributed by atoms with Crippen LogP contribution in [0.15, 0.2) is 47.1 Å². The van der Waals surface area contributed by atoms with E-state index in [1.807, 2.05) is 36.4 Å². The zero-order chi connectivity index (χ0) is 16.5. The number of carbonyl (C=O) groups is 1. The van der Waals surface area contributed by atoms with E-state index in [2.05, 4.69) is 4.98 Å². The lowest BCUT2D eigenvalue weighted by molar-refractivity contribution is -0.120. The summed E-state index contributed by atoms with van der Waals surface area (Å²) < 4.78 is 11.7. The maximum absolute atomic E-state index is 13.0. The largest absolute Gasteiger partial charge is 0.469 e. The number of amides is 1. The van der Waals surface area contributed by atoms with Crippen molar-refractivity contribution in [1.29, 1.82) is 0 Å². The van der Waals surface area contributed by atoms with Gasteiger partial charge in [0.05, 0.1) is 29.6 Å². The number of fused-ring (bicyclic) bond motifs is 1. The second-order valence-electron chi connectivity index (χ2n) is 5.91. The summed E-state index contributed by atoms with van der Waals surface area (Å²) in [6, 6.07) is 11.7. The summed E-state index contributed by atoms with van der Waals surface area (Å²) in [7, 11) is 1.64. The van der Waals surface area contributed by atoms with Crippen molar-refractivity contribution in [2.75, 3.05) is 25.2 Å². The van der Waals surface area contributed by atoms with Crippen molar-refractivity contribution in [3.05, 3.63) is 48.4 Å². The summed E-state index contributed by atoms with van der Waals surface area (Å²) in [6.07, 6.45) is 2.49. The summed E-state index contributed by atoms with van der Waals surface area (Å²) >= 11 is 1.54. The number of methoxy groups -OCH3 is 1. The van der Waals surface area contributed by atoms with Crippen LogP contribution in [0.4, 0.5) is 5.13 Å². The predicted octanol–water partition coefficient (Wildman–Crippen LogP) is 3.67. The number of furan rings is 1. The number of thiazole rings is 1. The van der Waals surface area contributed by atoms with Gasteiger partial charge in [0.25, 0.3) is 0 Å². The molecule has 2 aromatic heterocycles. The molecule has 1 aliphatic rings. The zero-order valence-electron chi connectivity index (χ0n) is 13.3. The summed E-state index contributed by atoms with van der Waals surface area (Å²) in [5, 5.41) is 0.739. The maximum atomic E-state index is 13.0. The maximum Gasteiger partial charge on any atom is 0.232 e. The Hall–Kier alpha value is -2.18. The number of benzene rings is 1. The summed E-state index contributed by atoms with van der Waals surface area (Å²) in [4.78, 5) is 19.4. The fraction of sp³-hybridized carbons (Fsp3) is 0.333. The van der Waals surface area contributed by atoms with E-state index in [1.165, 1.54) is 0 Å². The van der Waals surface area contributed by atoms with Crippen LogP contribution in [0.3, 0.4) is 0 Å². The zero-order valence-corrected chi connectivity index (χ0v) is 14.2. The van der Waals surface area contributed by atoms with Crippen LogP contribution >= 0.6 is 11.3 Å². The Kier molecular flexibility index (Phi) is 4.08. The Balaban J connectivity index is 1.58. The molecule has 0 bridgehead atoms. The Bertz CT molecular complexity index is 810. The first-order valence-corrected chi connectivity index (χ1v) is 8.79. The summed E-state index contributed by atoms with van der Waals surface area (Å²) in [5.41, 5.74) is 0.922. The van der Waals surface area contributed by atoms with Crippen LogP contribution < -0.4 is 4.90 Å². The Labute approximate surface area is 143 Å². The fourth-order valence-electron chi connectivity index (χ4n) is 2.94. The van der Waals surface area contributed by atoms with Crippen molar-refractivity contribution in [3.8, 4) is 0 Å². The number of anilines is 1. The number of hydrogen-bond acceptors (Lipinski definition) is 5. The van der Waals surface area contributed by atoms with Gasteiger partial charge in [-0.15, -0.1) is 0 Å². The minimum atomic E-state index is -0.0278. The number of nitrogens with zero attached hydrogens (tertiary/aromatic N) is 2. The van der Waals surface area contributed by atoms with Gasteiger partial charge >= 0.3 is 0 Å². The van der Waals surface area contributed by atoms with E-state index in [1.54, 1.807) is 29.6 Å². The summed E-state index contributed by atoms with van der Waals surface area (Å²) in [6.45, 7) is 0.996. The van der Waals surface area contributed by atoms with E-state index in [-0.39, 0.29) is 17.7 Å². The van der Waals surface area contributed by atoms with Crippen molar-refractivity contribution < 1.29 is 13.9 Å². The normalized spacial score (nSPS) is 19.5. The molecule has 1 amide bonds. The molecule has 0 aliphatic heterocycles. The van der Waals surface area contributed by atoms with Gasteiger partial charge in [0.15, 0.2) is 5.13 Å². The number of hydrogen-bond donors (Lipinski definition) is 0.